The summed E-state index contributed by atoms with van der Waals surface area (Å²) < 4.78 is 77.0. The van der Waals surface area contributed by atoms with Crippen molar-refractivity contribution in [3.05, 3.63) is 58.4 Å². The third-order valence-electron chi connectivity index (χ3n) is 4.41. The number of hydrogen-bond donors (Lipinski definition) is 1. The number of nitrogens with one attached hydrogen (secondary N) is 1. The van der Waals surface area contributed by atoms with Crippen molar-refractivity contribution in [2.45, 2.75) is 38.3 Å². The van der Waals surface area contributed by atoms with Crippen LogP contribution in [-0.4, -0.2) is 46.0 Å². The van der Waals surface area contributed by atoms with E-state index in [1.165, 1.54) is 24.0 Å². The predicted molar refractivity (Wildman–Crippen MR) is 104 cm³/mol. The number of hydrogen-bond acceptors (Lipinski definition) is 4. The zero-order valence-corrected chi connectivity index (χ0v) is 15.9. The van der Waals surface area contributed by atoms with Gasteiger partial charge in [-0.3, -0.25) is 4.79 Å². The summed E-state index contributed by atoms with van der Waals surface area (Å²) in [5.74, 6) is -1.66. The van der Waals surface area contributed by atoms with Gasteiger partial charge in [-0.15, -0.1) is 0 Å². The number of amides is 1. The van der Waals surface area contributed by atoms with E-state index in [1.54, 1.807) is 0 Å². The third-order valence-corrected chi connectivity index (χ3v) is 4.70. The quantitative estimate of drug-likeness (QED) is 0.785. The number of aryl methyl sites for hydroxylation is 1. The lowest BCUT2D eigenvalue weighted by molar-refractivity contribution is 0.0434. The number of nitrogens with zero attached hydrogens (tertiary/aromatic N) is 3. The summed E-state index contributed by atoms with van der Waals surface area (Å²) in [5, 5.41) is 1.79. The molecule has 2 aromatic rings. The largest absolute Gasteiger partial charge is 0.338 e. The Kier molecular flexibility index (Phi) is 4.45. The molecule has 8 heteroatoms. The Hall–Kier alpha value is -2.12. The summed E-state index contributed by atoms with van der Waals surface area (Å²) in [5.41, 5.74) is -2.29. The number of carbonyl (C=O) groups excluding carboxylic acids is 1. The van der Waals surface area contributed by atoms with Crippen molar-refractivity contribution in [2.24, 2.45) is 0 Å². The molecule has 1 aromatic carbocycles. The SMILES string of the molecule is [2H]C([2H])(C)c1cnc(C([2H])([2H])NC([2H])([2H])C2(F)CCN(C(=O)c3ccc(F)c(Cl)c3)CC2)nc1. The Bertz CT molecular complexity index is 1060. The number of rotatable bonds is 6. The minimum Gasteiger partial charge on any atom is -0.338 e. The number of benzene rings is 1. The number of piperidine rings is 1. The highest BCUT2D eigenvalue weighted by atomic mass is 35.5. The van der Waals surface area contributed by atoms with Gasteiger partial charge in [-0.1, -0.05) is 18.5 Å². The van der Waals surface area contributed by atoms with Gasteiger partial charge in [0, 0.05) is 55.9 Å². The first-order valence-electron chi connectivity index (χ1n) is 11.6. The fourth-order valence-corrected chi connectivity index (χ4v) is 2.90. The molecule has 1 saturated heterocycles. The molecule has 5 nitrogen and oxygen atoms in total. The van der Waals surface area contributed by atoms with Crippen LogP contribution in [0.5, 0.6) is 0 Å². The molecule has 1 N–H and O–H groups in total. The number of alkyl halides is 1. The minimum absolute atomic E-state index is 0.108. The Labute approximate surface area is 176 Å². The lowest BCUT2D eigenvalue weighted by Crippen LogP contribution is -2.48. The first kappa shape index (κ1) is 14.0. The smallest absolute Gasteiger partial charge is 0.253 e. The predicted octanol–water partition coefficient (Wildman–Crippen LogP) is 3.57. The van der Waals surface area contributed by atoms with Crippen molar-refractivity contribution < 1.29 is 21.8 Å². The Morgan fingerprint density at radius 1 is 1.36 bits per heavy atom. The van der Waals surface area contributed by atoms with E-state index in [0.29, 0.717) is 0 Å². The first-order chi connectivity index (χ1) is 15.6. The van der Waals surface area contributed by atoms with Crippen LogP contribution < -0.4 is 5.32 Å². The van der Waals surface area contributed by atoms with Gasteiger partial charge in [0.1, 0.15) is 17.3 Å². The molecule has 3 rings (SSSR count). The molecule has 28 heavy (non-hydrogen) atoms. The molecule has 1 fully saturated rings. The molecule has 0 radical (unpaired) electrons. The number of aromatic nitrogens is 2. The summed E-state index contributed by atoms with van der Waals surface area (Å²) >= 11 is 5.72. The number of likely N-dealkylation sites (tertiary alicyclic amines) is 1. The van der Waals surface area contributed by atoms with Crippen molar-refractivity contribution in [3.8, 4) is 0 Å². The fraction of sp³-hybridized carbons (Fsp3) is 0.450. The van der Waals surface area contributed by atoms with E-state index in [2.05, 4.69) is 9.97 Å². The lowest BCUT2D eigenvalue weighted by Gasteiger charge is -2.36. The van der Waals surface area contributed by atoms with Crippen LogP contribution in [0.3, 0.4) is 0 Å². The second-order valence-corrected chi connectivity index (χ2v) is 6.71. The van der Waals surface area contributed by atoms with Crippen LogP contribution in [0.4, 0.5) is 8.78 Å². The average molecular weight is 415 g/mol. The molecule has 0 spiro atoms. The van der Waals surface area contributed by atoms with Crippen LogP contribution >= 0.6 is 11.6 Å². The van der Waals surface area contributed by atoms with Crippen molar-refractivity contribution in [3.63, 3.8) is 0 Å². The Balaban J connectivity index is 1.70. The molecule has 2 heterocycles. The molecule has 0 bridgehead atoms. The van der Waals surface area contributed by atoms with E-state index < -0.39 is 55.4 Å². The molecule has 1 aliphatic heterocycles. The summed E-state index contributed by atoms with van der Waals surface area (Å²) in [4.78, 5) is 21.5. The maximum Gasteiger partial charge on any atom is 0.253 e. The van der Waals surface area contributed by atoms with Crippen molar-refractivity contribution in [2.75, 3.05) is 19.6 Å². The standard InChI is InChI=1S/C20H23ClF2N4O/c1-2-14-10-25-18(26-11-14)12-24-13-20(23)5-7-27(8-6-20)19(28)15-3-4-17(22)16(21)9-15/h3-4,9-11,24H,2,5-8,12-13H2,1H3/i2D2,12D2,13D2. The topological polar surface area (TPSA) is 58.1 Å². The van der Waals surface area contributed by atoms with Gasteiger partial charge in [0.25, 0.3) is 5.91 Å². The molecule has 1 aromatic heterocycles. The minimum atomic E-state index is -2.85. The van der Waals surface area contributed by atoms with Gasteiger partial charge in [0.15, 0.2) is 0 Å². The summed E-state index contributed by atoms with van der Waals surface area (Å²) in [7, 11) is 0. The number of halogens is 3. The van der Waals surface area contributed by atoms with Gasteiger partial charge in [0.2, 0.25) is 0 Å². The van der Waals surface area contributed by atoms with E-state index in [9.17, 15) is 9.18 Å². The van der Waals surface area contributed by atoms with Gasteiger partial charge in [-0.2, -0.15) is 0 Å². The number of carbonyl (C=O) groups is 1. The Morgan fingerprint density at radius 2 is 2.04 bits per heavy atom. The molecule has 0 aliphatic carbocycles. The second-order valence-electron chi connectivity index (χ2n) is 6.31. The molecule has 150 valence electrons. The van der Waals surface area contributed by atoms with Crippen molar-refractivity contribution >= 4 is 17.5 Å². The molecule has 1 aliphatic rings. The zero-order chi connectivity index (χ0) is 25.5. The van der Waals surface area contributed by atoms with Crippen molar-refractivity contribution in [1.82, 2.24) is 20.2 Å². The van der Waals surface area contributed by atoms with Crippen LogP contribution in [0.1, 0.15) is 49.7 Å². The maximum absolute atomic E-state index is 15.7. The monoisotopic (exact) mass is 414 g/mol. The van der Waals surface area contributed by atoms with Crippen LogP contribution in [0.25, 0.3) is 0 Å². The van der Waals surface area contributed by atoms with E-state index in [4.69, 9.17) is 19.8 Å². The molecule has 0 unspecified atom stereocenters. The molecular weight excluding hydrogens is 386 g/mol. The summed E-state index contributed by atoms with van der Waals surface area (Å²) in [6.07, 6.45) is -0.400. The van der Waals surface area contributed by atoms with E-state index in [1.807, 2.05) is 5.32 Å². The van der Waals surface area contributed by atoms with Crippen LogP contribution in [-0.2, 0) is 12.9 Å². The first-order valence-corrected chi connectivity index (χ1v) is 8.99. The van der Waals surface area contributed by atoms with E-state index in [-0.39, 0.29) is 29.2 Å². The maximum atomic E-state index is 15.7. The van der Waals surface area contributed by atoms with E-state index in [0.717, 1.165) is 18.5 Å². The van der Waals surface area contributed by atoms with Crippen molar-refractivity contribution in [1.29, 1.82) is 0 Å². The Morgan fingerprint density at radius 3 is 2.64 bits per heavy atom. The lowest BCUT2D eigenvalue weighted by atomic mass is 9.92. The summed E-state index contributed by atoms with van der Waals surface area (Å²) in [6.45, 7) is -4.53. The highest BCUT2D eigenvalue weighted by Gasteiger charge is 2.36. The zero-order valence-electron chi connectivity index (χ0n) is 21.1. The second kappa shape index (κ2) is 8.92. The van der Waals surface area contributed by atoms with Gasteiger partial charge in [-0.25, -0.2) is 18.7 Å². The third kappa shape index (κ3) is 5.02. The van der Waals surface area contributed by atoms with Crippen LogP contribution in [0.15, 0.2) is 30.6 Å². The normalized spacial score (nSPS) is 20.9. The highest BCUT2D eigenvalue weighted by Crippen LogP contribution is 2.27. The molecular formula is C20H23ClF2N4O. The van der Waals surface area contributed by atoms with Gasteiger partial charge in [-0.05, 0) is 30.1 Å². The van der Waals surface area contributed by atoms with E-state index >= 15 is 4.39 Å². The van der Waals surface area contributed by atoms with Crippen LogP contribution in [0.2, 0.25) is 5.02 Å². The molecule has 0 saturated carbocycles. The highest BCUT2D eigenvalue weighted by molar-refractivity contribution is 6.31. The average Bonchev–Trinajstić information content (AvgIpc) is 2.74. The molecule has 0 atom stereocenters. The van der Waals surface area contributed by atoms with Gasteiger partial charge >= 0.3 is 0 Å². The van der Waals surface area contributed by atoms with Gasteiger partial charge in [0.05, 0.1) is 14.3 Å². The van der Waals surface area contributed by atoms with Gasteiger partial charge < -0.3 is 10.2 Å². The van der Waals surface area contributed by atoms with Crippen LogP contribution in [0, 0.1) is 5.82 Å². The fourth-order valence-electron chi connectivity index (χ4n) is 2.72. The summed E-state index contributed by atoms with van der Waals surface area (Å²) in [6, 6.07) is 3.47. The molecule has 1 amide bonds.